The van der Waals surface area contributed by atoms with Crippen molar-refractivity contribution < 1.29 is 19.1 Å². The molecule has 4 nitrogen and oxygen atoms in total. The average molecular weight is 387 g/mol. The molecule has 0 radical (unpaired) electrons. The summed E-state index contributed by atoms with van der Waals surface area (Å²) < 4.78 is 11.1. The molecule has 4 atom stereocenters. The third kappa shape index (κ3) is 6.97. The van der Waals surface area contributed by atoms with Crippen molar-refractivity contribution in [3.8, 4) is 0 Å². The molecule has 0 aromatic rings. The molecule has 0 heterocycles. The molecule has 1 saturated carbocycles. The third-order valence-electron chi connectivity index (χ3n) is 6.73. The summed E-state index contributed by atoms with van der Waals surface area (Å²) in [5, 5.41) is 10.7. The predicted octanol–water partition coefficient (Wildman–Crippen LogP) is 5.15. The third-order valence-corrected chi connectivity index (χ3v) is 11.2. The highest BCUT2D eigenvalue weighted by Gasteiger charge is 2.43. The number of hydrogen-bond acceptors (Lipinski definition) is 4. The van der Waals surface area contributed by atoms with Crippen LogP contribution in [0, 0.1) is 17.8 Å². The fraction of sp³-hybridized carbons (Fsp3) is 0.952. The van der Waals surface area contributed by atoms with E-state index in [1.54, 1.807) is 0 Å². The number of carbonyl (C=O) groups excluding carboxylic acids is 1. The predicted molar refractivity (Wildman–Crippen MR) is 110 cm³/mol. The van der Waals surface area contributed by atoms with Crippen molar-refractivity contribution in [2.24, 2.45) is 17.8 Å². The number of rotatable bonds is 10. The first-order valence-corrected chi connectivity index (χ1v) is 13.3. The van der Waals surface area contributed by atoms with Crippen molar-refractivity contribution in [3.05, 3.63) is 0 Å². The summed E-state index contributed by atoms with van der Waals surface area (Å²) >= 11 is 0. The van der Waals surface area contributed by atoms with Gasteiger partial charge in [0.1, 0.15) is 0 Å². The van der Waals surface area contributed by atoms with Crippen LogP contribution in [0.15, 0.2) is 0 Å². The first kappa shape index (κ1) is 23.6. The van der Waals surface area contributed by atoms with Crippen molar-refractivity contribution in [2.45, 2.75) is 96.9 Å². The van der Waals surface area contributed by atoms with Gasteiger partial charge >= 0.3 is 5.97 Å². The molecule has 0 aromatic heterocycles. The zero-order chi connectivity index (χ0) is 20.0. The number of aliphatic hydroxyl groups is 1. The summed E-state index contributed by atoms with van der Waals surface area (Å²) in [5.74, 6) is 1.28. The Morgan fingerprint density at radius 1 is 1.12 bits per heavy atom. The molecule has 0 unspecified atom stereocenters. The summed E-state index contributed by atoms with van der Waals surface area (Å²) in [4.78, 5) is 11.1. The second kappa shape index (κ2) is 10.2. The standard InChI is InChI=1S/C21H42O4Si/c1-16-14-19(22)18(15-25-26(6,7)21(2,3)4)17(16)12-10-8-9-11-13-20(23)24-5/h16-19,22H,8-15H2,1-7H3/t16-,17-,18+,19+/m0/s1. The molecule has 26 heavy (non-hydrogen) atoms. The highest BCUT2D eigenvalue weighted by molar-refractivity contribution is 6.74. The highest BCUT2D eigenvalue weighted by Crippen LogP contribution is 2.43. The van der Waals surface area contributed by atoms with E-state index < -0.39 is 8.32 Å². The molecule has 1 fully saturated rings. The summed E-state index contributed by atoms with van der Waals surface area (Å²) in [6.45, 7) is 14.3. The van der Waals surface area contributed by atoms with E-state index in [0.717, 1.165) is 32.1 Å². The first-order valence-electron chi connectivity index (χ1n) is 10.4. The Balaban J connectivity index is 2.43. The molecule has 1 aliphatic carbocycles. The number of methoxy groups -OCH3 is 1. The quantitative estimate of drug-likeness (QED) is 0.320. The summed E-state index contributed by atoms with van der Waals surface area (Å²) in [6.07, 6.45) is 6.65. The Bertz CT molecular complexity index is 430. The molecule has 0 spiro atoms. The van der Waals surface area contributed by atoms with Crippen LogP contribution in [-0.4, -0.2) is 39.2 Å². The van der Waals surface area contributed by atoms with Crippen LogP contribution >= 0.6 is 0 Å². The lowest BCUT2D eigenvalue weighted by molar-refractivity contribution is -0.140. The number of esters is 1. The van der Waals surface area contributed by atoms with Gasteiger partial charge in [-0.3, -0.25) is 4.79 Å². The molecular weight excluding hydrogens is 344 g/mol. The van der Waals surface area contributed by atoms with E-state index in [1.807, 2.05) is 0 Å². The van der Waals surface area contributed by atoms with Gasteiger partial charge in [0.25, 0.3) is 0 Å². The summed E-state index contributed by atoms with van der Waals surface area (Å²) in [6, 6.07) is 0. The van der Waals surface area contributed by atoms with E-state index in [2.05, 4.69) is 45.5 Å². The Hall–Kier alpha value is -0.393. The van der Waals surface area contributed by atoms with Gasteiger partial charge in [-0.25, -0.2) is 0 Å². The molecule has 0 amide bonds. The number of aliphatic hydroxyl groups excluding tert-OH is 1. The fourth-order valence-electron chi connectivity index (χ4n) is 3.80. The maximum atomic E-state index is 11.1. The van der Waals surface area contributed by atoms with E-state index in [-0.39, 0.29) is 23.0 Å². The SMILES string of the molecule is COC(=O)CCCCCC[C@@H]1[C@@H](CO[Si](C)(C)C(C)(C)C)[C@H](O)C[C@@H]1C. The van der Waals surface area contributed by atoms with Gasteiger partial charge in [-0.05, 0) is 49.2 Å². The van der Waals surface area contributed by atoms with Gasteiger partial charge in [0.05, 0.1) is 13.2 Å². The molecule has 0 aromatic carbocycles. The van der Waals surface area contributed by atoms with Crippen LogP contribution in [0.3, 0.4) is 0 Å². The molecule has 5 heteroatoms. The molecule has 0 saturated heterocycles. The highest BCUT2D eigenvalue weighted by atomic mass is 28.4. The van der Waals surface area contributed by atoms with Crippen molar-refractivity contribution in [1.29, 1.82) is 0 Å². The Morgan fingerprint density at radius 3 is 2.31 bits per heavy atom. The van der Waals surface area contributed by atoms with Crippen LogP contribution in [0.1, 0.15) is 72.6 Å². The second-order valence-corrected chi connectivity index (χ2v) is 14.5. The van der Waals surface area contributed by atoms with E-state index in [9.17, 15) is 9.90 Å². The molecule has 0 aliphatic heterocycles. The molecule has 154 valence electrons. The largest absolute Gasteiger partial charge is 0.469 e. The molecule has 1 N–H and O–H groups in total. The van der Waals surface area contributed by atoms with Gasteiger partial charge in [0.15, 0.2) is 8.32 Å². The second-order valence-electron chi connectivity index (χ2n) is 9.71. The maximum absolute atomic E-state index is 11.1. The number of carbonyl (C=O) groups is 1. The smallest absolute Gasteiger partial charge is 0.305 e. The van der Waals surface area contributed by atoms with Crippen molar-refractivity contribution in [2.75, 3.05) is 13.7 Å². The summed E-state index contributed by atoms with van der Waals surface area (Å²) in [5.41, 5.74) is 0. The normalized spacial score (nSPS) is 26.9. The van der Waals surface area contributed by atoms with Crippen LogP contribution in [0.4, 0.5) is 0 Å². The van der Waals surface area contributed by atoms with Gasteiger partial charge in [-0.2, -0.15) is 0 Å². The maximum Gasteiger partial charge on any atom is 0.305 e. The lowest BCUT2D eigenvalue weighted by Crippen LogP contribution is -2.43. The Kier molecular flexibility index (Phi) is 9.31. The van der Waals surface area contributed by atoms with Gasteiger partial charge in [0.2, 0.25) is 0 Å². The van der Waals surface area contributed by atoms with Gasteiger partial charge < -0.3 is 14.3 Å². The zero-order valence-corrected chi connectivity index (χ0v) is 19.1. The Morgan fingerprint density at radius 2 is 1.73 bits per heavy atom. The van der Waals surface area contributed by atoms with Crippen LogP contribution in [0.5, 0.6) is 0 Å². The minimum absolute atomic E-state index is 0.111. The number of ether oxygens (including phenoxy) is 1. The minimum atomic E-state index is -1.77. The van der Waals surface area contributed by atoms with Crippen LogP contribution in [0.25, 0.3) is 0 Å². The number of hydrogen-bond donors (Lipinski definition) is 1. The lowest BCUT2D eigenvalue weighted by Gasteiger charge is -2.38. The number of unbranched alkanes of at least 4 members (excludes halogenated alkanes) is 3. The van der Waals surface area contributed by atoms with Gasteiger partial charge in [-0.15, -0.1) is 0 Å². The van der Waals surface area contributed by atoms with Crippen LogP contribution < -0.4 is 0 Å². The van der Waals surface area contributed by atoms with Crippen molar-refractivity contribution in [3.63, 3.8) is 0 Å². The van der Waals surface area contributed by atoms with Gasteiger partial charge in [-0.1, -0.05) is 47.0 Å². The molecular formula is C21H42O4Si. The van der Waals surface area contributed by atoms with Crippen molar-refractivity contribution in [1.82, 2.24) is 0 Å². The topological polar surface area (TPSA) is 55.8 Å². The first-order chi connectivity index (χ1) is 12.0. The molecule has 1 aliphatic rings. The Labute approximate surface area is 162 Å². The monoisotopic (exact) mass is 386 g/mol. The van der Waals surface area contributed by atoms with E-state index in [4.69, 9.17) is 4.43 Å². The van der Waals surface area contributed by atoms with E-state index >= 15 is 0 Å². The van der Waals surface area contributed by atoms with Crippen molar-refractivity contribution >= 4 is 14.3 Å². The van der Waals surface area contributed by atoms with Gasteiger partial charge in [0, 0.05) is 18.9 Å². The summed E-state index contributed by atoms with van der Waals surface area (Å²) in [7, 11) is -0.326. The average Bonchev–Trinajstić information content (AvgIpc) is 2.80. The molecule has 1 rings (SSSR count). The van der Waals surface area contributed by atoms with Crippen LogP contribution in [-0.2, 0) is 14.0 Å². The fourth-order valence-corrected chi connectivity index (χ4v) is 4.84. The van der Waals surface area contributed by atoms with E-state index in [0.29, 0.717) is 24.9 Å². The lowest BCUT2D eigenvalue weighted by atomic mass is 9.85. The zero-order valence-electron chi connectivity index (χ0n) is 18.1. The van der Waals surface area contributed by atoms with Crippen LogP contribution in [0.2, 0.25) is 18.1 Å². The minimum Gasteiger partial charge on any atom is -0.469 e. The van der Waals surface area contributed by atoms with E-state index in [1.165, 1.54) is 13.5 Å². The molecule has 0 bridgehead atoms.